The summed E-state index contributed by atoms with van der Waals surface area (Å²) in [6.07, 6.45) is 3.62. The van der Waals surface area contributed by atoms with Crippen molar-refractivity contribution in [1.29, 1.82) is 5.26 Å². The maximum absolute atomic E-state index is 13.1. The lowest BCUT2D eigenvalue weighted by Crippen LogP contribution is -2.32. The summed E-state index contributed by atoms with van der Waals surface area (Å²) < 4.78 is 27.6. The first-order chi connectivity index (χ1) is 13.4. The molecule has 0 aliphatic carbocycles. The van der Waals surface area contributed by atoms with Crippen LogP contribution < -0.4 is 5.32 Å². The fraction of sp³-hybridized carbons (Fsp3) is 0.300. The summed E-state index contributed by atoms with van der Waals surface area (Å²) in [6.45, 7) is 0.898. The number of rotatable bonds is 4. The number of nitriles is 1. The van der Waals surface area contributed by atoms with E-state index in [2.05, 4.69) is 5.32 Å². The highest BCUT2D eigenvalue weighted by molar-refractivity contribution is 7.89. The lowest BCUT2D eigenvalue weighted by atomic mass is 10.1. The molecular formula is C20H20ClN3O3S. The van der Waals surface area contributed by atoms with Crippen LogP contribution in [-0.2, 0) is 10.0 Å². The van der Waals surface area contributed by atoms with E-state index in [0.29, 0.717) is 24.3 Å². The van der Waals surface area contributed by atoms with Crippen LogP contribution in [0.15, 0.2) is 47.4 Å². The molecule has 8 heteroatoms. The highest BCUT2D eigenvalue weighted by Gasteiger charge is 2.28. The van der Waals surface area contributed by atoms with Gasteiger partial charge < -0.3 is 5.32 Å². The van der Waals surface area contributed by atoms with E-state index >= 15 is 0 Å². The lowest BCUT2D eigenvalue weighted by Gasteiger charge is -2.21. The number of anilines is 1. The number of amides is 1. The van der Waals surface area contributed by atoms with Crippen molar-refractivity contribution in [1.82, 2.24) is 4.31 Å². The monoisotopic (exact) mass is 417 g/mol. The van der Waals surface area contributed by atoms with E-state index in [1.54, 1.807) is 24.3 Å². The van der Waals surface area contributed by atoms with Crippen LogP contribution in [-0.4, -0.2) is 31.7 Å². The molecule has 1 N–H and O–H groups in total. The molecule has 0 spiro atoms. The molecule has 28 heavy (non-hydrogen) atoms. The van der Waals surface area contributed by atoms with E-state index in [0.717, 1.165) is 25.7 Å². The SMILES string of the molecule is N#Cc1ccccc1NC(=O)c1ccc(Cl)c(S(=O)(=O)N2CCCCCC2)c1. The molecule has 0 aromatic heterocycles. The Morgan fingerprint density at radius 2 is 1.75 bits per heavy atom. The number of benzene rings is 2. The Balaban J connectivity index is 1.90. The summed E-state index contributed by atoms with van der Waals surface area (Å²) >= 11 is 6.17. The maximum atomic E-state index is 13.1. The molecule has 0 bridgehead atoms. The highest BCUT2D eigenvalue weighted by atomic mass is 35.5. The minimum absolute atomic E-state index is 0.0720. The molecule has 1 fully saturated rings. The Hall–Kier alpha value is -2.40. The molecule has 0 saturated carbocycles. The van der Waals surface area contributed by atoms with Gasteiger partial charge in [-0.25, -0.2) is 8.42 Å². The van der Waals surface area contributed by atoms with Gasteiger partial charge in [0.2, 0.25) is 10.0 Å². The van der Waals surface area contributed by atoms with Crippen molar-refractivity contribution < 1.29 is 13.2 Å². The van der Waals surface area contributed by atoms with Gasteiger partial charge in [-0.2, -0.15) is 9.57 Å². The van der Waals surface area contributed by atoms with E-state index in [1.807, 2.05) is 6.07 Å². The molecule has 2 aromatic rings. The Labute approximate surface area is 169 Å². The third-order valence-electron chi connectivity index (χ3n) is 4.67. The first-order valence-corrected chi connectivity index (χ1v) is 10.9. The number of sulfonamides is 1. The van der Waals surface area contributed by atoms with E-state index in [4.69, 9.17) is 16.9 Å². The van der Waals surface area contributed by atoms with Crippen LogP contribution in [0.25, 0.3) is 0 Å². The summed E-state index contributed by atoms with van der Waals surface area (Å²) in [4.78, 5) is 12.6. The molecule has 2 aromatic carbocycles. The van der Waals surface area contributed by atoms with Crippen LogP contribution in [0, 0.1) is 11.3 Å². The number of halogens is 1. The fourth-order valence-corrected chi connectivity index (χ4v) is 5.16. The number of hydrogen-bond acceptors (Lipinski definition) is 4. The molecule has 146 valence electrons. The van der Waals surface area contributed by atoms with E-state index in [9.17, 15) is 13.2 Å². The Bertz CT molecular complexity index is 1020. The van der Waals surface area contributed by atoms with Crippen LogP contribution in [0.5, 0.6) is 0 Å². The van der Waals surface area contributed by atoms with Gasteiger partial charge in [0.15, 0.2) is 0 Å². The van der Waals surface area contributed by atoms with Crippen molar-refractivity contribution >= 4 is 33.2 Å². The van der Waals surface area contributed by atoms with Crippen molar-refractivity contribution in [2.24, 2.45) is 0 Å². The van der Waals surface area contributed by atoms with Gasteiger partial charge in [-0.1, -0.05) is 36.6 Å². The zero-order chi connectivity index (χ0) is 20.1. The third-order valence-corrected chi connectivity index (χ3v) is 7.05. The van der Waals surface area contributed by atoms with E-state index < -0.39 is 15.9 Å². The number of nitrogens with one attached hydrogen (secondary N) is 1. The molecule has 3 rings (SSSR count). The normalized spacial score (nSPS) is 15.4. The van der Waals surface area contributed by atoms with Gasteiger partial charge in [-0.3, -0.25) is 4.79 Å². The van der Waals surface area contributed by atoms with Gasteiger partial charge in [-0.15, -0.1) is 0 Å². The summed E-state index contributed by atoms with van der Waals surface area (Å²) in [6, 6.07) is 12.8. The number of carbonyl (C=O) groups excluding carboxylic acids is 1. The smallest absolute Gasteiger partial charge is 0.255 e. The van der Waals surface area contributed by atoms with Gasteiger partial charge in [0, 0.05) is 18.7 Å². The number of para-hydroxylation sites is 1. The average molecular weight is 418 g/mol. The number of nitrogens with zero attached hydrogens (tertiary/aromatic N) is 2. The first-order valence-electron chi connectivity index (χ1n) is 9.03. The quantitative estimate of drug-likeness (QED) is 0.813. The molecule has 1 amide bonds. The van der Waals surface area contributed by atoms with Crippen LogP contribution in [0.3, 0.4) is 0 Å². The van der Waals surface area contributed by atoms with E-state index in [1.165, 1.54) is 22.5 Å². The van der Waals surface area contributed by atoms with Gasteiger partial charge in [0.05, 0.1) is 16.3 Å². The van der Waals surface area contributed by atoms with Crippen molar-refractivity contribution in [2.75, 3.05) is 18.4 Å². The standard InChI is InChI=1S/C20H20ClN3O3S/c21-17-10-9-15(20(25)23-18-8-4-3-7-16(18)14-22)13-19(17)28(26,27)24-11-5-1-2-6-12-24/h3-4,7-10,13H,1-2,5-6,11-12H2,(H,23,25). The van der Waals surface area contributed by atoms with Gasteiger partial charge in [0.1, 0.15) is 11.0 Å². The molecular weight excluding hydrogens is 398 g/mol. The zero-order valence-corrected chi connectivity index (χ0v) is 16.8. The molecule has 0 radical (unpaired) electrons. The Kier molecular flexibility index (Phi) is 6.35. The van der Waals surface area contributed by atoms with Gasteiger partial charge in [0.25, 0.3) is 5.91 Å². The average Bonchev–Trinajstić information content (AvgIpc) is 2.98. The summed E-state index contributed by atoms with van der Waals surface area (Å²) in [7, 11) is -3.79. The van der Waals surface area contributed by atoms with Crippen molar-refractivity contribution in [3.8, 4) is 6.07 Å². The summed E-state index contributed by atoms with van der Waals surface area (Å²) in [5.41, 5.74) is 0.842. The van der Waals surface area contributed by atoms with Gasteiger partial charge in [-0.05, 0) is 43.2 Å². The van der Waals surface area contributed by atoms with Crippen molar-refractivity contribution in [3.05, 3.63) is 58.6 Å². The van der Waals surface area contributed by atoms with Crippen LogP contribution in [0.2, 0.25) is 5.02 Å². The third kappa shape index (κ3) is 4.36. The molecule has 0 unspecified atom stereocenters. The summed E-state index contributed by atoms with van der Waals surface area (Å²) in [5.74, 6) is -0.508. The second kappa shape index (κ2) is 8.74. The van der Waals surface area contributed by atoms with Crippen LogP contribution in [0.4, 0.5) is 5.69 Å². The highest BCUT2D eigenvalue weighted by Crippen LogP contribution is 2.28. The van der Waals surface area contributed by atoms with Crippen molar-refractivity contribution in [2.45, 2.75) is 30.6 Å². The molecule has 1 saturated heterocycles. The molecule has 0 atom stereocenters. The second-order valence-electron chi connectivity index (χ2n) is 6.58. The topological polar surface area (TPSA) is 90.3 Å². The lowest BCUT2D eigenvalue weighted by molar-refractivity contribution is 0.102. The largest absolute Gasteiger partial charge is 0.321 e. The number of hydrogen-bond donors (Lipinski definition) is 1. The van der Waals surface area contributed by atoms with Crippen LogP contribution >= 0.6 is 11.6 Å². The minimum atomic E-state index is -3.79. The Morgan fingerprint density at radius 3 is 2.43 bits per heavy atom. The predicted octanol–water partition coefficient (Wildman–Crippen LogP) is 4.03. The zero-order valence-electron chi connectivity index (χ0n) is 15.2. The maximum Gasteiger partial charge on any atom is 0.255 e. The van der Waals surface area contributed by atoms with Crippen molar-refractivity contribution in [3.63, 3.8) is 0 Å². The Morgan fingerprint density at radius 1 is 1.07 bits per heavy atom. The molecule has 6 nitrogen and oxygen atoms in total. The van der Waals surface area contributed by atoms with Gasteiger partial charge >= 0.3 is 0 Å². The summed E-state index contributed by atoms with van der Waals surface area (Å²) in [5, 5.41) is 11.9. The molecule has 1 aliphatic heterocycles. The number of carbonyl (C=O) groups is 1. The second-order valence-corrected chi connectivity index (χ2v) is 8.89. The van der Waals surface area contributed by atoms with E-state index in [-0.39, 0.29) is 15.5 Å². The fourth-order valence-electron chi connectivity index (χ4n) is 3.15. The predicted molar refractivity (Wildman–Crippen MR) is 108 cm³/mol. The minimum Gasteiger partial charge on any atom is -0.321 e. The molecule has 1 heterocycles. The first kappa shape index (κ1) is 20.3. The molecule has 1 aliphatic rings. The van der Waals surface area contributed by atoms with Crippen LogP contribution in [0.1, 0.15) is 41.6 Å².